The van der Waals surface area contributed by atoms with Crippen molar-refractivity contribution in [1.29, 1.82) is 0 Å². The van der Waals surface area contributed by atoms with Crippen LogP contribution in [0.5, 0.6) is 5.75 Å². The summed E-state index contributed by atoms with van der Waals surface area (Å²) in [4.78, 5) is 20.1. The highest BCUT2D eigenvalue weighted by molar-refractivity contribution is 5.93. The molecule has 0 saturated carbocycles. The number of phenols is 1. The molecule has 2 heterocycles. The number of hydrogen-bond acceptors (Lipinski definition) is 3. The number of rotatable bonds is 5. The quantitative estimate of drug-likeness (QED) is 0.453. The van der Waals surface area contributed by atoms with Crippen LogP contribution >= 0.6 is 0 Å². The molecule has 0 aliphatic heterocycles. The Labute approximate surface area is 173 Å². The Morgan fingerprint density at radius 2 is 1.93 bits per heavy atom. The number of halogens is 1. The van der Waals surface area contributed by atoms with Crippen molar-refractivity contribution >= 4 is 16.8 Å². The van der Waals surface area contributed by atoms with Crippen molar-refractivity contribution in [1.82, 2.24) is 15.3 Å². The second-order valence-corrected chi connectivity index (χ2v) is 7.31. The molecule has 0 saturated heterocycles. The molecule has 0 aliphatic rings. The lowest BCUT2D eigenvalue weighted by atomic mass is 10.0. The normalized spacial score (nSPS) is 11.0. The average molecular weight is 403 g/mol. The Bertz CT molecular complexity index is 1250. The minimum atomic E-state index is -0.280. The van der Waals surface area contributed by atoms with Gasteiger partial charge in [-0.1, -0.05) is 24.3 Å². The number of benzene rings is 2. The first-order chi connectivity index (χ1) is 14.4. The number of carbonyl (C=O) groups is 1. The third-order valence-electron chi connectivity index (χ3n) is 5.21. The van der Waals surface area contributed by atoms with Gasteiger partial charge in [-0.3, -0.25) is 4.79 Å². The molecule has 0 fully saturated rings. The van der Waals surface area contributed by atoms with E-state index < -0.39 is 0 Å². The fourth-order valence-electron chi connectivity index (χ4n) is 3.73. The van der Waals surface area contributed by atoms with Gasteiger partial charge in [0.15, 0.2) is 0 Å². The minimum Gasteiger partial charge on any atom is -0.508 e. The number of aromatic nitrogens is 2. The van der Waals surface area contributed by atoms with Crippen molar-refractivity contribution in [2.45, 2.75) is 20.3 Å². The zero-order valence-electron chi connectivity index (χ0n) is 16.8. The third-order valence-corrected chi connectivity index (χ3v) is 5.21. The first kappa shape index (κ1) is 19.6. The Morgan fingerprint density at radius 3 is 2.73 bits per heavy atom. The van der Waals surface area contributed by atoms with Gasteiger partial charge in [0.2, 0.25) is 0 Å². The molecule has 3 N–H and O–H groups in total. The molecule has 6 heteroatoms. The lowest BCUT2D eigenvalue weighted by Gasteiger charge is -2.08. The molecule has 1 amide bonds. The van der Waals surface area contributed by atoms with Crippen LogP contribution in [0.3, 0.4) is 0 Å². The molecule has 152 valence electrons. The number of pyridine rings is 1. The number of H-pyrrole nitrogens is 1. The van der Waals surface area contributed by atoms with E-state index in [-0.39, 0.29) is 17.5 Å². The van der Waals surface area contributed by atoms with Crippen molar-refractivity contribution in [3.63, 3.8) is 0 Å². The van der Waals surface area contributed by atoms with Gasteiger partial charge in [0.05, 0.1) is 11.2 Å². The molecule has 4 aromatic rings. The van der Waals surface area contributed by atoms with Crippen LogP contribution in [0.2, 0.25) is 0 Å². The van der Waals surface area contributed by atoms with Gasteiger partial charge in [-0.25, -0.2) is 9.37 Å². The van der Waals surface area contributed by atoms with Crippen LogP contribution in [0, 0.1) is 19.7 Å². The van der Waals surface area contributed by atoms with Gasteiger partial charge >= 0.3 is 0 Å². The van der Waals surface area contributed by atoms with Crippen molar-refractivity contribution in [3.05, 3.63) is 82.9 Å². The number of aromatic amines is 1. The smallest absolute Gasteiger partial charge is 0.269 e. The van der Waals surface area contributed by atoms with Crippen LogP contribution in [0.4, 0.5) is 4.39 Å². The fourth-order valence-corrected chi connectivity index (χ4v) is 3.73. The maximum absolute atomic E-state index is 14.1. The second kappa shape index (κ2) is 7.99. The monoisotopic (exact) mass is 403 g/mol. The van der Waals surface area contributed by atoms with Crippen LogP contribution in [-0.2, 0) is 6.42 Å². The highest BCUT2D eigenvalue weighted by atomic mass is 19.1. The predicted octanol–water partition coefficient (Wildman–Crippen LogP) is 4.66. The second-order valence-electron chi connectivity index (χ2n) is 7.31. The summed E-state index contributed by atoms with van der Waals surface area (Å²) in [5.41, 5.74) is 5.05. The van der Waals surface area contributed by atoms with Gasteiger partial charge in [0.1, 0.15) is 17.3 Å². The SMILES string of the molecule is Cc1[nH]c2c(F)ccc(C)c2c1CCNC(=O)c1cccc(-c2cccc(O)c2)n1. The third kappa shape index (κ3) is 3.76. The minimum absolute atomic E-state index is 0.144. The van der Waals surface area contributed by atoms with E-state index in [1.54, 1.807) is 42.5 Å². The fraction of sp³-hybridized carbons (Fsp3) is 0.167. The molecule has 0 unspecified atom stereocenters. The zero-order chi connectivity index (χ0) is 21.3. The van der Waals surface area contributed by atoms with Gasteiger partial charge in [-0.05, 0) is 61.7 Å². The van der Waals surface area contributed by atoms with Crippen LogP contribution in [0.25, 0.3) is 22.2 Å². The molecule has 0 bridgehead atoms. The van der Waals surface area contributed by atoms with E-state index in [1.165, 1.54) is 6.07 Å². The number of carbonyl (C=O) groups excluding carboxylic acids is 1. The lowest BCUT2D eigenvalue weighted by molar-refractivity contribution is 0.0949. The van der Waals surface area contributed by atoms with Crippen molar-refractivity contribution in [2.24, 2.45) is 0 Å². The summed E-state index contributed by atoms with van der Waals surface area (Å²) in [6.07, 6.45) is 0.577. The number of aryl methyl sites for hydroxylation is 2. The lowest BCUT2D eigenvalue weighted by Crippen LogP contribution is -2.26. The number of amides is 1. The summed E-state index contributed by atoms with van der Waals surface area (Å²) in [6, 6.07) is 15.2. The van der Waals surface area contributed by atoms with E-state index in [9.17, 15) is 14.3 Å². The predicted molar refractivity (Wildman–Crippen MR) is 115 cm³/mol. The van der Waals surface area contributed by atoms with Crippen LogP contribution < -0.4 is 5.32 Å². The van der Waals surface area contributed by atoms with E-state index >= 15 is 0 Å². The Balaban J connectivity index is 1.49. The zero-order valence-corrected chi connectivity index (χ0v) is 16.8. The molecule has 0 atom stereocenters. The van der Waals surface area contributed by atoms with E-state index in [0.29, 0.717) is 29.9 Å². The van der Waals surface area contributed by atoms with Crippen LogP contribution in [0.15, 0.2) is 54.6 Å². The summed E-state index contributed by atoms with van der Waals surface area (Å²) >= 11 is 0. The van der Waals surface area contributed by atoms with Gasteiger partial charge < -0.3 is 15.4 Å². The summed E-state index contributed by atoms with van der Waals surface area (Å²) in [6.45, 7) is 4.27. The van der Waals surface area contributed by atoms with E-state index in [0.717, 1.165) is 27.8 Å². The van der Waals surface area contributed by atoms with Crippen molar-refractivity contribution < 1.29 is 14.3 Å². The Morgan fingerprint density at radius 1 is 1.13 bits per heavy atom. The van der Waals surface area contributed by atoms with E-state index in [2.05, 4.69) is 15.3 Å². The van der Waals surface area contributed by atoms with Crippen LogP contribution in [0.1, 0.15) is 27.3 Å². The number of fused-ring (bicyclic) bond motifs is 1. The number of hydrogen-bond donors (Lipinski definition) is 3. The number of aromatic hydroxyl groups is 1. The molecular weight excluding hydrogens is 381 g/mol. The summed E-state index contributed by atoms with van der Waals surface area (Å²) in [5, 5.41) is 13.4. The average Bonchev–Trinajstić information content (AvgIpc) is 3.08. The topological polar surface area (TPSA) is 78.0 Å². The largest absolute Gasteiger partial charge is 0.508 e. The Kier molecular flexibility index (Phi) is 5.23. The van der Waals surface area contributed by atoms with E-state index in [1.807, 2.05) is 19.9 Å². The van der Waals surface area contributed by atoms with Crippen LogP contribution in [-0.4, -0.2) is 27.5 Å². The highest BCUT2D eigenvalue weighted by Gasteiger charge is 2.15. The molecule has 2 aromatic carbocycles. The molecule has 5 nitrogen and oxygen atoms in total. The molecule has 0 aliphatic carbocycles. The highest BCUT2D eigenvalue weighted by Crippen LogP contribution is 2.28. The first-order valence-electron chi connectivity index (χ1n) is 9.75. The standard InChI is InChI=1S/C24H22FN3O2/c1-14-9-10-19(25)23-22(14)18(15(2)27-23)11-12-26-24(30)21-8-4-7-20(28-21)16-5-3-6-17(29)13-16/h3-10,13,27,29H,11-12H2,1-2H3,(H,26,30). The van der Waals surface area contributed by atoms with Gasteiger partial charge in [-0.15, -0.1) is 0 Å². The Hall–Kier alpha value is -3.67. The summed E-state index contributed by atoms with van der Waals surface area (Å²) in [7, 11) is 0. The molecule has 0 spiro atoms. The number of nitrogens with one attached hydrogen (secondary N) is 2. The molecule has 30 heavy (non-hydrogen) atoms. The number of nitrogens with zero attached hydrogens (tertiary/aromatic N) is 1. The first-order valence-corrected chi connectivity index (χ1v) is 9.75. The molecular formula is C24H22FN3O2. The van der Waals surface area contributed by atoms with Gasteiger partial charge in [0, 0.05) is 23.2 Å². The summed E-state index contributed by atoms with van der Waals surface area (Å²) in [5.74, 6) is -0.413. The summed E-state index contributed by atoms with van der Waals surface area (Å²) < 4.78 is 14.1. The molecule has 2 aromatic heterocycles. The van der Waals surface area contributed by atoms with E-state index in [4.69, 9.17) is 0 Å². The van der Waals surface area contributed by atoms with Crippen molar-refractivity contribution in [2.75, 3.05) is 6.54 Å². The maximum Gasteiger partial charge on any atom is 0.269 e. The van der Waals surface area contributed by atoms with Gasteiger partial charge in [-0.2, -0.15) is 0 Å². The maximum atomic E-state index is 14.1. The molecule has 0 radical (unpaired) electrons. The number of phenolic OH excluding ortho intramolecular Hbond substituents is 1. The molecule has 4 rings (SSSR count). The van der Waals surface area contributed by atoms with Gasteiger partial charge in [0.25, 0.3) is 5.91 Å². The van der Waals surface area contributed by atoms with Crippen molar-refractivity contribution in [3.8, 4) is 17.0 Å².